The Labute approximate surface area is 175 Å². The Morgan fingerprint density at radius 1 is 1.27 bits per heavy atom. The third-order valence-corrected chi connectivity index (χ3v) is 7.36. The lowest BCUT2D eigenvalue weighted by atomic mass is 10.2. The molecule has 9 heteroatoms. The summed E-state index contributed by atoms with van der Waals surface area (Å²) in [6.45, 7) is 2.12. The van der Waals surface area contributed by atoms with E-state index in [0.29, 0.717) is 36.4 Å². The quantitative estimate of drug-likeness (QED) is 0.754. The number of ether oxygens (including phenoxy) is 1. The molecule has 1 saturated heterocycles. The standard InChI is InChI=1S/C21H23N3O5S/c1-14-10-16-18(29-13-20(25)23-16)11-19(14)30(27,28)24-9-5-8-17(24)21(26)22-12-15-6-3-2-4-7-15/h2-4,6-7,10-11,17H,5,8-9,12-13H2,1H3,(H,22,26)(H,23,25)/t17-/m1/s1. The molecule has 2 heterocycles. The number of nitrogens with one attached hydrogen (secondary N) is 2. The SMILES string of the molecule is Cc1cc2c(cc1S(=O)(=O)N1CCC[C@@H]1C(=O)NCc1ccccc1)OCC(=O)N2. The molecule has 0 unspecified atom stereocenters. The second-order valence-corrected chi connectivity index (χ2v) is 9.29. The second-order valence-electron chi connectivity index (χ2n) is 7.43. The van der Waals surface area contributed by atoms with Gasteiger partial charge in [0.25, 0.3) is 5.91 Å². The van der Waals surface area contributed by atoms with Crippen LogP contribution in [0, 0.1) is 6.92 Å². The molecule has 2 amide bonds. The van der Waals surface area contributed by atoms with Gasteiger partial charge in [0.1, 0.15) is 11.8 Å². The summed E-state index contributed by atoms with van der Waals surface area (Å²) >= 11 is 0. The first-order chi connectivity index (χ1) is 14.4. The number of nitrogens with zero attached hydrogens (tertiary/aromatic N) is 1. The van der Waals surface area contributed by atoms with Gasteiger partial charge in [-0.1, -0.05) is 30.3 Å². The zero-order valence-electron chi connectivity index (χ0n) is 16.6. The zero-order chi connectivity index (χ0) is 21.3. The Morgan fingerprint density at radius 3 is 2.80 bits per heavy atom. The molecule has 1 atom stereocenters. The van der Waals surface area contributed by atoms with Gasteiger partial charge in [-0.25, -0.2) is 8.42 Å². The number of sulfonamides is 1. The molecule has 0 spiro atoms. The highest BCUT2D eigenvalue weighted by Gasteiger charge is 2.40. The summed E-state index contributed by atoms with van der Waals surface area (Å²) in [6.07, 6.45) is 1.08. The summed E-state index contributed by atoms with van der Waals surface area (Å²) in [5, 5.41) is 5.52. The first kappa shape index (κ1) is 20.4. The predicted molar refractivity (Wildman–Crippen MR) is 111 cm³/mol. The molecule has 4 rings (SSSR count). The van der Waals surface area contributed by atoms with Gasteiger partial charge in [-0.3, -0.25) is 9.59 Å². The molecule has 8 nitrogen and oxygen atoms in total. The van der Waals surface area contributed by atoms with Gasteiger partial charge in [-0.2, -0.15) is 4.31 Å². The van der Waals surface area contributed by atoms with Crippen molar-refractivity contribution in [2.45, 2.75) is 37.2 Å². The molecule has 2 aromatic carbocycles. The molecule has 0 aromatic heterocycles. The van der Waals surface area contributed by atoms with Crippen LogP contribution in [0.4, 0.5) is 5.69 Å². The lowest BCUT2D eigenvalue weighted by molar-refractivity contribution is -0.124. The summed E-state index contributed by atoms with van der Waals surface area (Å²) < 4.78 is 33.4. The summed E-state index contributed by atoms with van der Waals surface area (Å²) in [7, 11) is -3.91. The van der Waals surface area contributed by atoms with Crippen molar-refractivity contribution in [1.29, 1.82) is 0 Å². The van der Waals surface area contributed by atoms with E-state index in [1.54, 1.807) is 13.0 Å². The monoisotopic (exact) mass is 429 g/mol. The van der Waals surface area contributed by atoms with E-state index in [1.807, 2.05) is 30.3 Å². The van der Waals surface area contributed by atoms with E-state index >= 15 is 0 Å². The fourth-order valence-corrected chi connectivity index (χ4v) is 5.69. The van der Waals surface area contributed by atoms with Gasteiger partial charge in [0, 0.05) is 19.2 Å². The number of carbonyl (C=O) groups excluding carboxylic acids is 2. The van der Waals surface area contributed by atoms with E-state index in [2.05, 4.69) is 10.6 Å². The number of fused-ring (bicyclic) bond motifs is 1. The number of benzene rings is 2. The Bertz CT molecular complexity index is 1090. The number of rotatable bonds is 5. The number of hydrogen-bond donors (Lipinski definition) is 2. The number of carbonyl (C=O) groups is 2. The minimum absolute atomic E-state index is 0.0835. The van der Waals surface area contributed by atoms with Gasteiger partial charge < -0.3 is 15.4 Å². The van der Waals surface area contributed by atoms with Gasteiger partial charge in [0.15, 0.2) is 6.61 Å². The van der Waals surface area contributed by atoms with Gasteiger partial charge >= 0.3 is 0 Å². The van der Waals surface area contributed by atoms with Gasteiger partial charge in [-0.05, 0) is 37.0 Å². The average molecular weight is 429 g/mol. The van der Waals surface area contributed by atoms with Gasteiger partial charge in [0.2, 0.25) is 15.9 Å². The molecule has 1 fully saturated rings. The van der Waals surface area contributed by atoms with Crippen molar-refractivity contribution in [3.8, 4) is 5.75 Å². The number of hydrogen-bond acceptors (Lipinski definition) is 5. The van der Waals surface area contributed by atoms with Crippen molar-refractivity contribution in [2.75, 3.05) is 18.5 Å². The Hall–Kier alpha value is -2.91. The number of amides is 2. The minimum atomic E-state index is -3.91. The van der Waals surface area contributed by atoms with Crippen LogP contribution in [0.1, 0.15) is 24.0 Å². The molecule has 2 N–H and O–H groups in total. The van der Waals surface area contributed by atoms with Crippen molar-refractivity contribution >= 4 is 27.5 Å². The normalized spacial score (nSPS) is 19.0. The van der Waals surface area contributed by atoms with Crippen LogP contribution < -0.4 is 15.4 Å². The van der Waals surface area contributed by atoms with E-state index in [0.717, 1.165) is 5.56 Å². The van der Waals surface area contributed by atoms with Crippen LogP contribution in [0.15, 0.2) is 47.4 Å². The predicted octanol–water partition coefficient (Wildman–Crippen LogP) is 1.80. The van der Waals surface area contributed by atoms with Gasteiger partial charge in [0.05, 0.1) is 10.6 Å². The molecule has 30 heavy (non-hydrogen) atoms. The van der Waals surface area contributed by atoms with E-state index in [4.69, 9.17) is 4.74 Å². The fraction of sp³-hybridized carbons (Fsp3) is 0.333. The first-order valence-electron chi connectivity index (χ1n) is 9.77. The van der Waals surface area contributed by atoms with Crippen molar-refractivity contribution in [2.24, 2.45) is 0 Å². The summed E-state index contributed by atoms with van der Waals surface area (Å²) in [5.41, 5.74) is 1.87. The molecular weight excluding hydrogens is 406 g/mol. The molecule has 0 aliphatic carbocycles. The van der Waals surface area contributed by atoms with Crippen molar-refractivity contribution in [3.63, 3.8) is 0 Å². The second kappa shape index (κ2) is 8.08. The molecule has 2 aliphatic heterocycles. The molecule has 0 bridgehead atoms. The van der Waals surface area contributed by atoms with Crippen molar-refractivity contribution in [1.82, 2.24) is 9.62 Å². The van der Waals surface area contributed by atoms with E-state index in [9.17, 15) is 18.0 Å². The third kappa shape index (κ3) is 3.90. The third-order valence-electron chi connectivity index (χ3n) is 5.31. The van der Waals surface area contributed by atoms with Gasteiger partial charge in [-0.15, -0.1) is 0 Å². The first-order valence-corrected chi connectivity index (χ1v) is 11.2. The van der Waals surface area contributed by atoms with Crippen LogP contribution in [0.3, 0.4) is 0 Å². The van der Waals surface area contributed by atoms with Crippen LogP contribution in [0.25, 0.3) is 0 Å². The highest BCUT2D eigenvalue weighted by Crippen LogP contribution is 2.35. The lowest BCUT2D eigenvalue weighted by Gasteiger charge is -2.26. The Balaban J connectivity index is 1.56. The molecular formula is C21H23N3O5S. The highest BCUT2D eigenvalue weighted by molar-refractivity contribution is 7.89. The fourth-order valence-electron chi connectivity index (χ4n) is 3.81. The molecule has 0 radical (unpaired) electrons. The summed E-state index contributed by atoms with van der Waals surface area (Å²) in [6, 6.07) is 11.7. The zero-order valence-corrected chi connectivity index (χ0v) is 17.4. The van der Waals surface area contributed by atoms with E-state index in [1.165, 1.54) is 10.4 Å². The molecule has 158 valence electrons. The van der Waals surface area contributed by atoms with Crippen molar-refractivity contribution < 1.29 is 22.7 Å². The Kier molecular flexibility index (Phi) is 5.48. The molecule has 2 aromatic rings. The molecule has 2 aliphatic rings. The maximum atomic E-state index is 13.4. The van der Waals surface area contributed by atoms with Crippen LogP contribution in [0.2, 0.25) is 0 Å². The maximum Gasteiger partial charge on any atom is 0.262 e. The average Bonchev–Trinajstić information content (AvgIpc) is 3.23. The van der Waals surface area contributed by atoms with Crippen molar-refractivity contribution in [3.05, 3.63) is 53.6 Å². The largest absolute Gasteiger partial charge is 0.482 e. The van der Waals surface area contributed by atoms with Crippen LogP contribution in [0.5, 0.6) is 5.75 Å². The minimum Gasteiger partial charge on any atom is -0.482 e. The highest BCUT2D eigenvalue weighted by atomic mass is 32.2. The molecule has 0 saturated carbocycles. The lowest BCUT2D eigenvalue weighted by Crippen LogP contribution is -2.45. The smallest absolute Gasteiger partial charge is 0.262 e. The maximum absolute atomic E-state index is 13.4. The van der Waals surface area contributed by atoms with Crippen LogP contribution in [-0.2, 0) is 26.2 Å². The summed E-state index contributed by atoms with van der Waals surface area (Å²) in [4.78, 5) is 24.4. The summed E-state index contributed by atoms with van der Waals surface area (Å²) in [5.74, 6) is -0.283. The van der Waals surface area contributed by atoms with E-state index < -0.39 is 16.1 Å². The van der Waals surface area contributed by atoms with Crippen LogP contribution >= 0.6 is 0 Å². The Morgan fingerprint density at radius 2 is 2.03 bits per heavy atom. The number of anilines is 1. The topological polar surface area (TPSA) is 105 Å². The van der Waals surface area contributed by atoms with E-state index in [-0.39, 0.29) is 29.9 Å². The number of aryl methyl sites for hydroxylation is 1. The van der Waals surface area contributed by atoms with Crippen LogP contribution in [-0.4, -0.2) is 43.7 Å².